The molecule has 0 radical (unpaired) electrons. The Labute approximate surface area is 136 Å². The number of amides is 1. The Hall–Kier alpha value is -3.00. The van der Waals surface area contributed by atoms with Crippen molar-refractivity contribution in [3.63, 3.8) is 0 Å². The molecule has 2 rings (SSSR count). The van der Waals surface area contributed by atoms with Crippen molar-refractivity contribution in [3.8, 4) is 5.75 Å². The highest BCUT2D eigenvalue weighted by Crippen LogP contribution is 2.22. The van der Waals surface area contributed by atoms with Crippen molar-refractivity contribution in [1.29, 1.82) is 0 Å². The number of carbonyl (C=O) groups excluding carboxylic acids is 1. The normalized spacial score (nSPS) is 10.4. The number of hydrogen-bond donors (Lipinski definition) is 1. The van der Waals surface area contributed by atoms with Crippen LogP contribution in [0.5, 0.6) is 5.75 Å². The summed E-state index contributed by atoms with van der Waals surface area (Å²) >= 11 is 0.974. The van der Waals surface area contributed by atoms with Gasteiger partial charge in [0.15, 0.2) is 0 Å². The van der Waals surface area contributed by atoms with Gasteiger partial charge in [0, 0.05) is 11.6 Å². The zero-order valence-electron chi connectivity index (χ0n) is 12.0. The molecule has 0 spiro atoms. The molecule has 0 saturated carbocycles. The SMILES string of the molecule is C=CCOc1ccc(C(=O)NN=Cc2ccc([N+](=O)[O-])s2)cc1. The molecule has 1 N–H and O–H groups in total. The average molecular weight is 331 g/mol. The fourth-order valence-corrected chi connectivity index (χ4v) is 2.28. The molecule has 0 aliphatic carbocycles. The molecular weight excluding hydrogens is 318 g/mol. The molecular formula is C15H13N3O4S. The third-order valence-corrected chi connectivity index (χ3v) is 3.61. The standard InChI is InChI=1S/C15H13N3O4S/c1-2-9-22-12-5-3-11(4-6-12)15(19)17-16-10-13-7-8-14(23-13)18(20)21/h2-8,10H,1,9H2,(H,17,19). The van der Waals surface area contributed by atoms with Crippen molar-refractivity contribution in [2.24, 2.45) is 5.10 Å². The van der Waals surface area contributed by atoms with Gasteiger partial charge in [0.2, 0.25) is 0 Å². The summed E-state index contributed by atoms with van der Waals surface area (Å²) in [5.74, 6) is 0.249. The van der Waals surface area contributed by atoms with Crippen molar-refractivity contribution in [3.05, 3.63) is 69.6 Å². The zero-order valence-corrected chi connectivity index (χ0v) is 12.8. The van der Waals surface area contributed by atoms with Crippen LogP contribution in [0.4, 0.5) is 5.00 Å². The number of thiophene rings is 1. The van der Waals surface area contributed by atoms with Crippen LogP contribution >= 0.6 is 11.3 Å². The largest absolute Gasteiger partial charge is 0.490 e. The third-order valence-electron chi connectivity index (χ3n) is 2.63. The molecule has 23 heavy (non-hydrogen) atoms. The number of nitro groups is 1. The molecule has 0 fully saturated rings. The van der Waals surface area contributed by atoms with Gasteiger partial charge in [-0.25, -0.2) is 5.43 Å². The molecule has 0 unspecified atom stereocenters. The number of rotatable bonds is 7. The van der Waals surface area contributed by atoms with Crippen LogP contribution < -0.4 is 10.2 Å². The van der Waals surface area contributed by atoms with Crippen LogP contribution in [0, 0.1) is 10.1 Å². The Bertz CT molecular complexity index is 737. The molecule has 7 nitrogen and oxygen atoms in total. The highest BCUT2D eigenvalue weighted by molar-refractivity contribution is 7.16. The minimum atomic E-state index is -0.476. The predicted octanol–water partition coefficient (Wildman–Crippen LogP) is 2.99. The maximum absolute atomic E-state index is 11.9. The maximum Gasteiger partial charge on any atom is 0.324 e. The van der Waals surface area contributed by atoms with Crippen LogP contribution in [0.3, 0.4) is 0 Å². The van der Waals surface area contributed by atoms with Crippen LogP contribution in [-0.2, 0) is 0 Å². The molecule has 1 aromatic heterocycles. The summed E-state index contributed by atoms with van der Waals surface area (Å²) in [5, 5.41) is 14.4. The predicted molar refractivity (Wildman–Crippen MR) is 88.2 cm³/mol. The minimum Gasteiger partial charge on any atom is -0.490 e. The molecule has 2 aromatic rings. The van der Waals surface area contributed by atoms with Crippen LogP contribution in [0.15, 0.2) is 54.2 Å². The minimum absolute atomic E-state index is 0.0212. The second-order valence-corrected chi connectivity index (χ2v) is 5.35. The lowest BCUT2D eigenvalue weighted by Crippen LogP contribution is -2.17. The second-order valence-electron chi connectivity index (χ2n) is 4.26. The fourth-order valence-electron chi connectivity index (χ4n) is 1.59. The van der Waals surface area contributed by atoms with E-state index in [0.29, 0.717) is 22.8 Å². The highest BCUT2D eigenvalue weighted by Gasteiger charge is 2.08. The molecule has 1 aromatic carbocycles. The first-order chi connectivity index (χ1) is 11.1. The number of hydrogen-bond acceptors (Lipinski definition) is 6. The smallest absolute Gasteiger partial charge is 0.324 e. The summed E-state index contributed by atoms with van der Waals surface area (Å²) in [5.41, 5.74) is 2.78. The number of nitrogens with zero attached hydrogens (tertiary/aromatic N) is 2. The van der Waals surface area contributed by atoms with E-state index in [1.807, 2.05) is 0 Å². The van der Waals surface area contributed by atoms with Crippen molar-refractivity contribution >= 4 is 28.5 Å². The Morgan fingerprint density at radius 2 is 2.09 bits per heavy atom. The van der Waals surface area contributed by atoms with E-state index in [-0.39, 0.29) is 10.9 Å². The van der Waals surface area contributed by atoms with Crippen molar-refractivity contribution in [2.45, 2.75) is 0 Å². The van der Waals surface area contributed by atoms with Crippen LogP contribution in [-0.4, -0.2) is 23.7 Å². The lowest BCUT2D eigenvalue weighted by Gasteiger charge is -2.04. The van der Waals surface area contributed by atoms with E-state index >= 15 is 0 Å². The first-order valence-corrected chi connectivity index (χ1v) is 7.33. The van der Waals surface area contributed by atoms with E-state index in [4.69, 9.17) is 4.74 Å². The lowest BCUT2D eigenvalue weighted by atomic mass is 10.2. The molecule has 1 amide bonds. The number of carbonyl (C=O) groups is 1. The van der Waals surface area contributed by atoms with Crippen LogP contribution in [0.25, 0.3) is 0 Å². The van der Waals surface area contributed by atoms with E-state index in [2.05, 4.69) is 17.1 Å². The monoisotopic (exact) mass is 331 g/mol. The van der Waals surface area contributed by atoms with Crippen molar-refractivity contribution in [2.75, 3.05) is 6.61 Å². The number of benzene rings is 1. The molecule has 8 heteroatoms. The van der Waals surface area contributed by atoms with Gasteiger partial charge in [-0.3, -0.25) is 14.9 Å². The maximum atomic E-state index is 11.9. The first kappa shape index (κ1) is 16.4. The number of ether oxygens (including phenoxy) is 1. The van der Waals surface area contributed by atoms with E-state index < -0.39 is 4.92 Å². The third kappa shape index (κ3) is 4.75. The Kier molecular flexibility index (Phi) is 5.59. The molecule has 0 bridgehead atoms. The molecule has 1 heterocycles. The summed E-state index contributed by atoms with van der Waals surface area (Å²) in [6, 6.07) is 9.51. The topological polar surface area (TPSA) is 93.8 Å². The van der Waals surface area contributed by atoms with E-state index in [1.165, 1.54) is 12.3 Å². The summed E-state index contributed by atoms with van der Waals surface area (Å²) in [7, 11) is 0. The highest BCUT2D eigenvalue weighted by atomic mass is 32.1. The Morgan fingerprint density at radius 1 is 1.35 bits per heavy atom. The fraction of sp³-hybridized carbons (Fsp3) is 0.0667. The van der Waals surface area contributed by atoms with E-state index in [9.17, 15) is 14.9 Å². The van der Waals surface area contributed by atoms with Gasteiger partial charge in [0.1, 0.15) is 12.4 Å². The number of nitrogens with one attached hydrogen (secondary N) is 1. The van der Waals surface area contributed by atoms with Gasteiger partial charge in [-0.2, -0.15) is 5.10 Å². The van der Waals surface area contributed by atoms with E-state index in [1.54, 1.807) is 36.4 Å². The van der Waals surface area contributed by atoms with Gasteiger partial charge in [-0.1, -0.05) is 24.0 Å². The van der Waals surface area contributed by atoms with Gasteiger partial charge < -0.3 is 4.74 Å². The molecule has 0 aliphatic rings. The average Bonchev–Trinajstić information content (AvgIpc) is 3.02. The van der Waals surface area contributed by atoms with Gasteiger partial charge in [-0.15, -0.1) is 0 Å². The summed E-state index contributed by atoms with van der Waals surface area (Å²) in [6.45, 7) is 3.94. The van der Waals surface area contributed by atoms with Crippen molar-refractivity contribution in [1.82, 2.24) is 5.43 Å². The van der Waals surface area contributed by atoms with Crippen LogP contribution in [0.2, 0.25) is 0 Å². The first-order valence-electron chi connectivity index (χ1n) is 6.51. The van der Waals surface area contributed by atoms with Gasteiger partial charge in [0.25, 0.3) is 5.91 Å². The lowest BCUT2D eigenvalue weighted by molar-refractivity contribution is -0.380. The zero-order chi connectivity index (χ0) is 16.7. The van der Waals surface area contributed by atoms with Gasteiger partial charge in [-0.05, 0) is 30.3 Å². The van der Waals surface area contributed by atoms with Gasteiger partial charge in [0.05, 0.1) is 16.0 Å². The molecule has 0 saturated heterocycles. The molecule has 118 valence electrons. The van der Waals surface area contributed by atoms with E-state index in [0.717, 1.165) is 11.3 Å². The summed E-state index contributed by atoms with van der Waals surface area (Å²) in [6.07, 6.45) is 2.99. The molecule has 0 aliphatic heterocycles. The van der Waals surface area contributed by atoms with Crippen LogP contribution in [0.1, 0.15) is 15.2 Å². The van der Waals surface area contributed by atoms with Gasteiger partial charge >= 0.3 is 5.00 Å². The summed E-state index contributed by atoms with van der Waals surface area (Å²) < 4.78 is 5.32. The Morgan fingerprint density at radius 3 is 2.70 bits per heavy atom. The quantitative estimate of drug-likeness (QED) is 0.365. The Balaban J connectivity index is 1.91. The summed E-state index contributed by atoms with van der Waals surface area (Å²) in [4.78, 5) is 22.5. The van der Waals surface area contributed by atoms with Crippen molar-refractivity contribution < 1.29 is 14.5 Å². The molecule has 0 atom stereocenters. The number of hydrazone groups is 1. The second kappa shape index (κ2) is 7.85.